The first-order valence-corrected chi connectivity index (χ1v) is 9.88. The second-order valence-electron chi connectivity index (χ2n) is 6.97. The van der Waals surface area contributed by atoms with Gasteiger partial charge in [-0.2, -0.15) is 0 Å². The van der Waals surface area contributed by atoms with E-state index in [0.717, 1.165) is 24.8 Å². The van der Waals surface area contributed by atoms with Crippen molar-refractivity contribution in [3.63, 3.8) is 0 Å². The Labute approximate surface area is 174 Å². The molecule has 0 bridgehead atoms. The fourth-order valence-electron chi connectivity index (χ4n) is 3.47. The van der Waals surface area contributed by atoms with Crippen molar-refractivity contribution in [2.24, 2.45) is 4.99 Å². The summed E-state index contributed by atoms with van der Waals surface area (Å²) >= 11 is 0. The van der Waals surface area contributed by atoms with Gasteiger partial charge in [-0.1, -0.05) is 24.3 Å². The van der Waals surface area contributed by atoms with Crippen molar-refractivity contribution in [2.75, 3.05) is 27.4 Å². The summed E-state index contributed by atoms with van der Waals surface area (Å²) in [6, 6.07) is 14.6. The van der Waals surface area contributed by atoms with E-state index < -0.39 is 0 Å². The van der Waals surface area contributed by atoms with Crippen molar-refractivity contribution in [2.45, 2.75) is 18.9 Å². The van der Waals surface area contributed by atoms with Crippen molar-refractivity contribution < 1.29 is 23.4 Å². The fourth-order valence-corrected chi connectivity index (χ4v) is 3.47. The number of benzene rings is 2. The minimum absolute atomic E-state index is 0.0426. The van der Waals surface area contributed by atoms with Crippen LogP contribution < -0.4 is 20.3 Å². The fraction of sp³-hybridized carbons (Fsp3) is 0.304. The molecule has 1 saturated heterocycles. The van der Waals surface area contributed by atoms with E-state index in [0.29, 0.717) is 34.9 Å². The summed E-state index contributed by atoms with van der Waals surface area (Å²) in [5.41, 5.74) is 1.59. The number of carbonyl (C=O) groups is 1. The number of rotatable bonds is 6. The molecule has 3 aromatic rings. The molecule has 1 atom stereocenters. The number of nitrogens with one attached hydrogen (secondary N) is 1. The van der Waals surface area contributed by atoms with Crippen LogP contribution in [-0.4, -0.2) is 39.4 Å². The predicted molar refractivity (Wildman–Crippen MR) is 112 cm³/mol. The summed E-state index contributed by atoms with van der Waals surface area (Å²) in [7, 11) is 3.15. The first-order valence-electron chi connectivity index (χ1n) is 9.88. The standard InChI is InChI=1S/C23H24N2O5/c1-27-19-10-4-3-9-18(19)25-23-17(22(26)24-14-16-8-6-12-29-16)13-15-7-5-11-20(28-2)21(15)30-23/h3-5,7,9-11,13,16H,6,8,12,14H2,1-2H3,(H,24,26). The molecule has 7 nitrogen and oxygen atoms in total. The number of methoxy groups -OCH3 is 2. The molecule has 0 spiro atoms. The molecule has 7 heteroatoms. The Hall–Kier alpha value is -3.32. The van der Waals surface area contributed by atoms with Gasteiger partial charge < -0.3 is 23.9 Å². The summed E-state index contributed by atoms with van der Waals surface area (Å²) in [6.45, 7) is 1.18. The van der Waals surface area contributed by atoms with Gasteiger partial charge in [-0.25, -0.2) is 4.99 Å². The smallest absolute Gasteiger partial charge is 0.256 e. The lowest BCUT2D eigenvalue weighted by Gasteiger charge is -2.12. The molecule has 156 valence electrons. The molecule has 1 fully saturated rings. The van der Waals surface area contributed by atoms with E-state index in [1.54, 1.807) is 38.5 Å². The second-order valence-corrected chi connectivity index (χ2v) is 6.97. The summed E-state index contributed by atoms with van der Waals surface area (Å²) < 4.78 is 22.5. The summed E-state index contributed by atoms with van der Waals surface area (Å²) in [6.07, 6.45) is 2.00. The Balaban J connectivity index is 1.81. The highest BCUT2D eigenvalue weighted by Crippen LogP contribution is 2.28. The average molecular weight is 408 g/mol. The monoisotopic (exact) mass is 408 g/mol. The molecule has 1 aliphatic heterocycles. The highest BCUT2D eigenvalue weighted by atomic mass is 16.5. The summed E-state index contributed by atoms with van der Waals surface area (Å²) in [5.74, 6) is 0.876. The highest BCUT2D eigenvalue weighted by molar-refractivity contribution is 5.97. The van der Waals surface area contributed by atoms with Gasteiger partial charge in [0.2, 0.25) is 5.55 Å². The molecule has 1 aliphatic rings. The van der Waals surface area contributed by atoms with Gasteiger partial charge in [0.05, 0.1) is 20.3 Å². The first kappa shape index (κ1) is 20.0. The normalized spacial score (nSPS) is 16.6. The van der Waals surface area contributed by atoms with Gasteiger partial charge in [0.1, 0.15) is 17.0 Å². The van der Waals surface area contributed by atoms with Crippen molar-refractivity contribution in [1.29, 1.82) is 0 Å². The van der Waals surface area contributed by atoms with Gasteiger partial charge >= 0.3 is 0 Å². The predicted octanol–water partition coefficient (Wildman–Crippen LogP) is 3.59. The minimum atomic E-state index is -0.271. The topological polar surface area (TPSA) is 82.3 Å². The van der Waals surface area contributed by atoms with Crippen LogP contribution in [-0.2, 0) is 4.74 Å². The molecule has 1 amide bonds. The van der Waals surface area contributed by atoms with Gasteiger partial charge in [-0.05, 0) is 37.1 Å². The lowest BCUT2D eigenvalue weighted by molar-refractivity contribution is 0.0854. The molecule has 0 saturated carbocycles. The van der Waals surface area contributed by atoms with E-state index in [9.17, 15) is 4.79 Å². The highest BCUT2D eigenvalue weighted by Gasteiger charge is 2.19. The SMILES string of the molecule is COc1ccccc1N=c1oc2c(OC)cccc2cc1C(=O)NCC1CCCO1. The van der Waals surface area contributed by atoms with E-state index in [2.05, 4.69) is 10.3 Å². The Morgan fingerprint density at radius 3 is 2.70 bits per heavy atom. The summed E-state index contributed by atoms with van der Waals surface area (Å²) in [4.78, 5) is 17.6. The second kappa shape index (κ2) is 9.00. The number of para-hydroxylation sites is 3. The van der Waals surface area contributed by atoms with Gasteiger partial charge in [0.15, 0.2) is 11.3 Å². The zero-order valence-corrected chi connectivity index (χ0v) is 17.0. The van der Waals surface area contributed by atoms with Crippen molar-refractivity contribution in [3.05, 3.63) is 59.6 Å². The van der Waals surface area contributed by atoms with E-state index >= 15 is 0 Å². The number of amides is 1. The Morgan fingerprint density at radius 2 is 1.93 bits per heavy atom. The van der Waals surface area contributed by atoms with E-state index in [-0.39, 0.29) is 17.6 Å². The van der Waals surface area contributed by atoms with Gasteiger partial charge in [0, 0.05) is 18.5 Å². The number of fused-ring (bicyclic) bond motifs is 1. The number of ether oxygens (including phenoxy) is 3. The molecule has 1 unspecified atom stereocenters. The number of carbonyl (C=O) groups excluding carboxylic acids is 1. The first-order chi connectivity index (χ1) is 14.7. The van der Waals surface area contributed by atoms with Gasteiger partial charge in [-0.3, -0.25) is 4.79 Å². The molecule has 0 aliphatic carbocycles. The molecule has 30 heavy (non-hydrogen) atoms. The lowest BCUT2D eigenvalue weighted by atomic mass is 10.1. The molecule has 2 aromatic carbocycles. The third-order valence-corrected chi connectivity index (χ3v) is 5.02. The van der Waals surface area contributed by atoms with Gasteiger partial charge in [-0.15, -0.1) is 0 Å². The van der Waals surface area contributed by atoms with E-state index in [1.165, 1.54) is 0 Å². The zero-order chi connectivity index (χ0) is 20.9. The van der Waals surface area contributed by atoms with Crippen molar-refractivity contribution in [1.82, 2.24) is 5.32 Å². The molecule has 1 aromatic heterocycles. The van der Waals surface area contributed by atoms with Crippen LogP contribution in [0.2, 0.25) is 0 Å². The van der Waals surface area contributed by atoms with Crippen molar-refractivity contribution >= 4 is 22.6 Å². The molecule has 1 N–H and O–H groups in total. The van der Waals surface area contributed by atoms with Crippen molar-refractivity contribution in [3.8, 4) is 11.5 Å². The molecular formula is C23H24N2O5. The molecular weight excluding hydrogens is 384 g/mol. The van der Waals surface area contributed by atoms with E-state index in [4.69, 9.17) is 18.6 Å². The third-order valence-electron chi connectivity index (χ3n) is 5.02. The van der Waals surface area contributed by atoms with E-state index in [1.807, 2.05) is 24.3 Å². The van der Waals surface area contributed by atoms with Crippen LogP contribution in [0.25, 0.3) is 11.0 Å². The van der Waals surface area contributed by atoms with Crippen LogP contribution in [0.1, 0.15) is 23.2 Å². The van der Waals surface area contributed by atoms with Crippen LogP contribution in [0.4, 0.5) is 5.69 Å². The Bertz CT molecular complexity index is 1120. The maximum absolute atomic E-state index is 13.0. The molecule has 4 rings (SSSR count). The van der Waals surface area contributed by atoms with Crippen LogP contribution in [0.5, 0.6) is 11.5 Å². The maximum Gasteiger partial charge on any atom is 0.256 e. The summed E-state index contributed by atoms with van der Waals surface area (Å²) in [5, 5.41) is 3.69. The van der Waals surface area contributed by atoms with Crippen LogP contribution in [0.3, 0.4) is 0 Å². The van der Waals surface area contributed by atoms with Crippen LogP contribution >= 0.6 is 0 Å². The minimum Gasteiger partial charge on any atom is -0.494 e. The largest absolute Gasteiger partial charge is 0.494 e. The Kier molecular flexibility index (Phi) is 5.99. The number of nitrogens with zero attached hydrogens (tertiary/aromatic N) is 1. The van der Waals surface area contributed by atoms with Gasteiger partial charge in [0.25, 0.3) is 5.91 Å². The average Bonchev–Trinajstić information content (AvgIpc) is 3.30. The Morgan fingerprint density at radius 1 is 1.13 bits per heavy atom. The third kappa shape index (κ3) is 4.16. The van der Waals surface area contributed by atoms with Crippen LogP contribution in [0, 0.1) is 0 Å². The molecule has 0 radical (unpaired) electrons. The zero-order valence-electron chi connectivity index (χ0n) is 17.0. The maximum atomic E-state index is 13.0. The number of hydrogen-bond donors (Lipinski definition) is 1. The lowest BCUT2D eigenvalue weighted by Crippen LogP contribution is -2.34. The van der Waals surface area contributed by atoms with Crippen LogP contribution in [0.15, 0.2) is 57.9 Å². The quantitative estimate of drug-likeness (QED) is 0.674. The molecule has 2 heterocycles. The number of hydrogen-bond acceptors (Lipinski definition) is 6.